The summed E-state index contributed by atoms with van der Waals surface area (Å²) < 4.78 is 5.11. The Morgan fingerprint density at radius 2 is 1.88 bits per heavy atom. The molecule has 0 aromatic heterocycles. The first kappa shape index (κ1) is 11.9. The zero-order valence-corrected chi connectivity index (χ0v) is 9.54. The van der Waals surface area contributed by atoms with E-state index in [4.69, 9.17) is 4.74 Å². The first-order chi connectivity index (χ1) is 8.13. The van der Waals surface area contributed by atoms with Gasteiger partial charge in [-0.05, 0) is 12.1 Å². The smallest absolute Gasteiger partial charge is 0.257 e. The lowest BCUT2D eigenvalue weighted by molar-refractivity contribution is 0.0572. The van der Waals surface area contributed by atoms with Crippen LogP contribution >= 0.6 is 0 Å². The van der Waals surface area contributed by atoms with Gasteiger partial charge in [0.25, 0.3) is 5.91 Å². The zero-order valence-electron chi connectivity index (χ0n) is 9.54. The molecular weight excluding hydrogens is 222 g/mol. The van der Waals surface area contributed by atoms with Gasteiger partial charge in [-0.3, -0.25) is 4.79 Å². The van der Waals surface area contributed by atoms with Gasteiger partial charge in [-0.2, -0.15) is 0 Å². The van der Waals surface area contributed by atoms with Crippen LogP contribution in [0.5, 0.6) is 5.75 Å². The van der Waals surface area contributed by atoms with Gasteiger partial charge in [-0.15, -0.1) is 0 Å². The molecule has 0 radical (unpaired) electrons. The van der Waals surface area contributed by atoms with Gasteiger partial charge >= 0.3 is 0 Å². The van der Waals surface area contributed by atoms with E-state index in [9.17, 15) is 15.0 Å². The number of likely N-dealkylation sites (tertiary alicyclic amines) is 1. The number of nitrogens with zero attached hydrogens (tertiary/aromatic N) is 1. The van der Waals surface area contributed by atoms with Gasteiger partial charge < -0.3 is 19.8 Å². The van der Waals surface area contributed by atoms with Crippen LogP contribution in [0.4, 0.5) is 0 Å². The van der Waals surface area contributed by atoms with Gasteiger partial charge in [0.05, 0.1) is 24.9 Å². The number of aliphatic hydroxyl groups excluding tert-OH is 2. The quantitative estimate of drug-likeness (QED) is 0.752. The summed E-state index contributed by atoms with van der Waals surface area (Å²) in [5, 5.41) is 18.8. The number of ether oxygens (including phenoxy) is 1. The summed E-state index contributed by atoms with van der Waals surface area (Å²) >= 11 is 0. The molecule has 1 saturated heterocycles. The van der Waals surface area contributed by atoms with Gasteiger partial charge in [0.1, 0.15) is 5.75 Å². The van der Waals surface area contributed by atoms with Crippen molar-refractivity contribution >= 4 is 5.91 Å². The second kappa shape index (κ2) is 4.73. The van der Waals surface area contributed by atoms with Crippen LogP contribution in [0.15, 0.2) is 24.3 Å². The molecule has 5 nitrogen and oxygen atoms in total. The number of benzene rings is 1. The number of carbonyl (C=O) groups is 1. The van der Waals surface area contributed by atoms with Gasteiger partial charge in [-0.25, -0.2) is 0 Å². The van der Waals surface area contributed by atoms with Crippen molar-refractivity contribution in [1.82, 2.24) is 4.90 Å². The van der Waals surface area contributed by atoms with E-state index in [1.807, 2.05) is 0 Å². The number of carbonyl (C=O) groups excluding carboxylic acids is 1. The van der Waals surface area contributed by atoms with Crippen molar-refractivity contribution in [1.29, 1.82) is 0 Å². The van der Waals surface area contributed by atoms with E-state index >= 15 is 0 Å². The third kappa shape index (κ3) is 2.25. The highest BCUT2D eigenvalue weighted by Gasteiger charge is 2.33. The Bertz CT molecular complexity index is 411. The van der Waals surface area contributed by atoms with Gasteiger partial charge in [0, 0.05) is 13.1 Å². The number of methoxy groups -OCH3 is 1. The summed E-state index contributed by atoms with van der Waals surface area (Å²) in [5.74, 6) is 0.256. The van der Waals surface area contributed by atoms with E-state index in [0.29, 0.717) is 11.3 Å². The summed E-state index contributed by atoms with van der Waals surface area (Å²) in [5.41, 5.74) is 0.441. The Morgan fingerprint density at radius 3 is 2.47 bits per heavy atom. The third-order valence-electron chi connectivity index (χ3n) is 2.88. The normalized spacial score (nSPS) is 23.8. The molecule has 1 aromatic rings. The molecule has 1 aliphatic rings. The first-order valence-corrected chi connectivity index (χ1v) is 5.42. The second-order valence-corrected chi connectivity index (χ2v) is 4.05. The second-order valence-electron chi connectivity index (χ2n) is 4.05. The fourth-order valence-electron chi connectivity index (χ4n) is 1.93. The first-order valence-electron chi connectivity index (χ1n) is 5.42. The van der Waals surface area contributed by atoms with Crippen molar-refractivity contribution in [3.05, 3.63) is 29.8 Å². The molecule has 1 heterocycles. The molecule has 2 N–H and O–H groups in total. The monoisotopic (exact) mass is 237 g/mol. The highest BCUT2D eigenvalue weighted by molar-refractivity contribution is 5.97. The van der Waals surface area contributed by atoms with Crippen molar-refractivity contribution in [2.45, 2.75) is 12.2 Å². The molecule has 1 fully saturated rings. The molecule has 2 rings (SSSR count). The molecule has 0 bridgehead atoms. The van der Waals surface area contributed by atoms with E-state index in [1.165, 1.54) is 12.0 Å². The summed E-state index contributed by atoms with van der Waals surface area (Å²) in [6, 6.07) is 6.90. The third-order valence-corrected chi connectivity index (χ3v) is 2.88. The minimum atomic E-state index is -0.867. The van der Waals surface area contributed by atoms with Crippen LogP contribution in [-0.4, -0.2) is 53.4 Å². The van der Waals surface area contributed by atoms with Gasteiger partial charge in [-0.1, -0.05) is 12.1 Å². The zero-order chi connectivity index (χ0) is 12.4. The number of aliphatic hydroxyl groups is 2. The summed E-state index contributed by atoms with van der Waals surface area (Å²) in [4.78, 5) is 13.6. The molecule has 92 valence electrons. The van der Waals surface area contributed by atoms with Crippen LogP contribution in [0.2, 0.25) is 0 Å². The lowest BCUT2D eigenvalue weighted by Gasteiger charge is -2.16. The summed E-state index contributed by atoms with van der Waals surface area (Å²) in [6.45, 7) is 0.302. The molecule has 0 saturated carbocycles. The number of hydrogen-bond acceptors (Lipinski definition) is 4. The van der Waals surface area contributed by atoms with Crippen LogP contribution in [-0.2, 0) is 0 Å². The summed E-state index contributed by atoms with van der Waals surface area (Å²) in [6.07, 6.45) is -1.73. The van der Waals surface area contributed by atoms with Crippen LogP contribution in [0.3, 0.4) is 0 Å². The Hall–Kier alpha value is -1.59. The van der Waals surface area contributed by atoms with Crippen molar-refractivity contribution in [3.8, 4) is 5.75 Å². The minimum absolute atomic E-state index is 0.151. The Kier molecular flexibility index (Phi) is 3.31. The van der Waals surface area contributed by atoms with Crippen LogP contribution < -0.4 is 4.74 Å². The average Bonchev–Trinajstić information content (AvgIpc) is 2.68. The number of para-hydroxylation sites is 1. The van der Waals surface area contributed by atoms with Crippen LogP contribution in [0.1, 0.15) is 10.4 Å². The molecule has 1 amide bonds. The van der Waals surface area contributed by atoms with E-state index in [-0.39, 0.29) is 19.0 Å². The molecule has 1 aliphatic heterocycles. The lowest BCUT2D eigenvalue weighted by Crippen LogP contribution is -2.30. The van der Waals surface area contributed by atoms with Crippen molar-refractivity contribution in [3.63, 3.8) is 0 Å². The van der Waals surface area contributed by atoms with Gasteiger partial charge in [0.2, 0.25) is 0 Å². The SMILES string of the molecule is COc1ccccc1C(=O)N1CC(O)C(O)C1. The highest BCUT2D eigenvalue weighted by Crippen LogP contribution is 2.21. The lowest BCUT2D eigenvalue weighted by atomic mass is 10.2. The molecular formula is C12H15NO4. The number of amides is 1. The van der Waals surface area contributed by atoms with E-state index in [0.717, 1.165) is 0 Å². The van der Waals surface area contributed by atoms with Crippen LogP contribution in [0, 0.1) is 0 Å². The molecule has 1 aromatic carbocycles. The minimum Gasteiger partial charge on any atom is -0.496 e. The largest absolute Gasteiger partial charge is 0.496 e. The molecule has 2 unspecified atom stereocenters. The Labute approximate surface area is 99.2 Å². The van der Waals surface area contributed by atoms with Crippen LogP contribution in [0.25, 0.3) is 0 Å². The highest BCUT2D eigenvalue weighted by atomic mass is 16.5. The molecule has 2 atom stereocenters. The predicted molar refractivity (Wildman–Crippen MR) is 60.9 cm³/mol. The maximum Gasteiger partial charge on any atom is 0.257 e. The number of rotatable bonds is 2. The average molecular weight is 237 g/mol. The van der Waals surface area contributed by atoms with Crippen molar-refractivity contribution in [2.75, 3.05) is 20.2 Å². The Morgan fingerprint density at radius 1 is 1.29 bits per heavy atom. The fourth-order valence-corrected chi connectivity index (χ4v) is 1.93. The molecule has 5 heteroatoms. The Balaban J connectivity index is 2.20. The molecule has 0 aliphatic carbocycles. The summed E-state index contributed by atoms with van der Waals surface area (Å²) in [7, 11) is 1.50. The number of hydrogen-bond donors (Lipinski definition) is 2. The van der Waals surface area contributed by atoms with E-state index < -0.39 is 12.2 Å². The number of β-amino-alcohol motifs (C(OH)–C–C–N with tert-alkyl or cyclic N) is 2. The molecule has 0 spiro atoms. The fraction of sp³-hybridized carbons (Fsp3) is 0.417. The maximum atomic E-state index is 12.1. The maximum absolute atomic E-state index is 12.1. The van der Waals surface area contributed by atoms with E-state index in [1.54, 1.807) is 24.3 Å². The standard InChI is InChI=1S/C12H15NO4/c1-17-11-5-3-2-4-8(11)12(16)13-6-9(14)10(15)7-13/h2-5,9-10,14-15H,6-7H2,1H3. The molecule has 17 heavy (non-hydrogen) atoms. The topological polar surface area (TPSA) is 70.0 Å². The van der Waals surface area contributed by atoms with Crippen molar-refractivity contribution < 1.29 is 19.7 Å². The van der Waals surface area contributed by atoms with E-state index in [2.05, 4.69) is 0 Å². The van der Waals surface area contributed by atoms with Crippen molar-refractivity contribution in [2.24, 2.45) is 0 Å². The van der Waals surface area contributed by atoms with Gasteiger partial charge in [0.15, 0.2) is 0 Å². The predicted octanol–water partition coefficient (Wildman–Crippen LogP) is -0.127.